The second kappa shape index (κ2) is 5.66. The highest BCUT2D eigenvalue weighted by Gasteiger charge is 2.10. The van der Waals surface area contributed by atoms with Crippen molar-refractivity contribution in [3.05, 3.63) is 71.4 Å². The molecule has 0 fully saturated rings. The molecular weight excluding hydrogens is 265 g/mol. The standard InChI is InChI=1S/C17H18FN3/c1-12(14-6-5-7-15(18)10-14)19-11-16-13(2)20-17-8-3-4-9-21(16)17/h3-10,12,19H,11H2,1-2H3/t12-/m1/s1. The minimum Gasteiger partial charge on any atom is -0.305 e. The molecule has 1 aromatic carbocycles. The zero-order valence-electron chi connectivity index (χ0n) is 12.2. The van der Waals surface area contributed by atoms with Crippen molar-refractivity contribution in [3.8, 4) is 0 Å². The van der Waals surface area contributed by atoms with E-state index in [2.05, 4.69) is 14.7 Å². The summed E-state index contributed by atoms with van der Waals surface area (Å²) in [7, 11) is 0. The van der Waals surface area contributed by atoms with Crippen LogP contribution < -0.4 is 5.32 Å². The summed E-state index contributed by atoms with van der Waals surface area (Å²) >= 11 is 0. The fourth-order valence-electron chi connectivity index (χ4n) is 2.52. The second-order valence-corrected chi connectivity index (χ2v) is 5.23. The van der Waals surface area contributed by atoms with Gasteiger partial charge in [-0.15, -0.1) is 0 Å². The zero-order valence-corrected chi connectivity index (χ0v) is 12.2. The quantitative estimate of drug-likeness (QED) is 0.792. The van der Waals surface area contributed by atoms with Gasteiger partial charge in [-0.1, -0.05) is 18.2 Å². The van der Waals surface area contributed by atoms with Crippen LogP contribution in [-0.4, -0.2) is 9.38 Å². The van der Waals surface area contributed by atoms with Gasteiger partial charge in [0, 0.05) is 18.8 Å². The Bertz CT molecular complexity index is 764. The van der Waals surface area contributed by atoms with Crippen molar-refractivity contribution < 1.29 is 4.39 Å². The maximum Gasteiger partial charge on any atom is 0.137 e. The first-order valence-corrected chi connectivity index (χ1v) is 7.06. The highest BCUT2D eigenvalue weighted by atomic mass is 19.1. The molecule has 3 aromatic rings. The van der Waals surface area contributed by atoms with Crippen LogP contribution in [0.4, 0.5) is 4.39 Å². The number of hydrogen-bond donors (Lipinski definition) is 1. The third-order valence-electron chi connectivity index (χ3n) is 3.75. The van der Waals surface area contributed by atoms with Crippen molar-refractivity contribution in [2.24, 2.45) is 0 Å². The topological polar surface area (TPSA) is 29.3 Å². The van der Waals surface area contributed by atoms with Gasteiger partial charge in [-0.2, -0.15) is 0 Å². The predicted octanol–water partition coefficient (Wildman–Crippen LogP) is 3.63. The lowest BCUT2D eigenvalue weighted by molar-refractivity contribution is 0.556. The summed E-state index contributed by atoms with van der Waals surface area (Å²) < 4.78 is 15.4. The Morgan fingerprint density at radius 2 is 2.10 bits per heavy atom. The van der Waals surface area contributed by atoms with E-state index in [1.165, 1.54) is 6.07 Å². The molecule has 0 unspecified atom stereocenters. The molecule has 2 heterocycles. The Morgan fingerprint density at radius 3 is 2.90 bits per heavy atom. The summed E-state index contributed by atoms with van der Waals surface area (Å²) in [6, 6.07) is 12.7. The number of nitrogens with one attached hydrogen (secondary N) is 1. The molecule has 0 amide bonds. The van der Waals surface area contributed by atoms with E-state index in [0.29, 0.717) is 6.54 Å². The SMILES string of the molecule is Cc1nc2ccccn2c1CN[C@H](C)c1cccc(F)c1. The van der Waals surface area contributed by atoms with Crippen LogP contribution >= 0.6 is 0 Å². The Balaban J connectivity index is 1.79. The smallest absolute Gasteiger partial charge is 0.137 e. The van der Waals surface area contributed by atoms with E-state index < -0.39 is 0 Å². The van der Waals surface area contributed by atoms with E-state index in [0.717, 1.165) is 22.6 Å². The van der Waals surface area contributed by atoms with E-state index in [1.807, 2.05) is 44.3 Å². The second-order valence-electron chi connectivity index (χ2n) is 5.23. The normalized spacial score (nSPS) is 12.7. The minimum absolute atomic E-state index is 0.0781. The van der Waals surface area contributed by atoms with E-state index in [1.54, 1.807) is 12.1 Å². The molecule has 0 aliphatic rings. The summed E-state index contributed by atoms with van der Waals surface area (Å²) in [4.78, 5) is 4.54. The van der Waals surface area contributed by atoms with Gasteiger partial charge >= 0.3 is 0 Å². The highest BCUT2D eigenvalue weighted by Crippen LogP contribution is 2.16. The molecular formula is C17H18FN3. The number of rotatable bonds is 4. The summed E-state index contributed by atoms with van der Waals surface area (Å²) in [5.74, 6) is -0.202. The lowest BCUT2D eigenvalue weighted by Crippen LogP contribution is -2.19. The van der Waals surface area contributed by atoms with Gasteiger partial charge in [0.1, 0.15) is 11.5 Å². The van der Waals surface area contributed by atoms with Gasteiger partial charge in [0.25, 0.3) is 0 Å². The molecule has 0 aliphatic heterocycles. The maximum absolute atomic E-state index is 13.3. The van der Waals surface area contributed by atoms with E-state index in [-0.39, 0.29) is 11.9 Å². The number of aryl methyl sites for hydroxylation is 1. The number of pyridine rings is 1. The maximum atomic E-state index is 13.3. The van der Waals surface area contributed by atoms with Crippen LogP contribution in [0.5, 0.6) is 0 Å². The molecule has 0 saturated carbocycles. The summed E-state index contributed by atoms with van der Waals surface area (Å²) in [5, 5.41) is 3.43. The number of fused-ring (bicyclic) bond motifs is 1. The lowest BCUT2D eigenvalue weighted by Gasteiger charge is -2.14. The third-order valence-corrected chi connectivity index (χ3v) is 3.75. The lowest BCUT2D eigenvalue weighted by atomic mass is 10.1. The number of benzene rings is 1. The predicted molar refractivity (Wildman–Crippen MR) is 81.6 cm³/mol. The van der Waals surface area contributed by atoms with Gasteiger partial charge in [0.2, 0.25) is 0 Å². The van der Waals surface area contributed by atoms with Crippen LogP contribution in [0.2, 0.25) is 0 Å². The fraction of sp³-hybridized carbons (Fsp3) is 0.235. The fourth-order valence-corrected chi connectivity index (χ4v) is 2.52. The van der Waals surface area contributed by atoms with E-state index in [4.69, 9.17) is 0 Å². The molecule has 0 saturated heterocycles. The van der Waals surface area contributed by atoms with Crippen LogP contribution in [-0.2, 0) is 6.54 Å². The Kier molecular flexibility index (Phi) is 3.71. The van der Waals surface area contributed by atoms with E-state index in [9.17, 15) is 4.39 Å². The molecule has 1 atom stereocenters. The van der Waals surface area contributed by atoms with Gasteiger partial charge in [-0.3, -0.25) is 0 Å². The van der Waals surface area contributed by atoms with Crippen molar-refractivity contribution in [1.29, 1.82) is 0 Å². The summed E-state index contributed by atoms with van der Waals surface area (Å²) in [6.45, 7) is 4.74. The van der Waals surface area contributed by atoms with Crippen molar-refractivity contribution >= 4 is 5.65 Å². The Labute approximate surface area is 123 Å². The minimum atomic E-state index is -0.202. The number of halogens is 1. The number of aromatic nitrogens is 2. The van der Waals surface area contributed by atoms with Crippen molar-refractivity contribution in [2.45, 2.75) is 26.4 Å². The van der Waals surface area contributed by atoms with Crippen LogP contribution in [0.1, 0.15) is 29.9 Å². The molecule has 3 nitrogen and oxygen atoms in total. The van der Waals surface area contributed by atoms with Crippen molar-refractivity contribution in [3.63, 3.8) is 0 Å². The highest BCUT2D eigenvalue weighted by molar-refractivity contribution is 5.42. The van der Waals surface area contributed by atoms with Crippen LogP contribution in [0.3, 0.4) is 0 Å². The number of nitrogens with zero attached hydrogens (tertiary/aromatic N) is 2. The largest absolute Gasteiger partial charge is 0.305 e. The summed E-state index contributed by atoms with van der Waals surface area (Å²) in [5.41, 5.74) is 4.04. The van der Waals surface area contributed by atoms with Gasteiger partial charge in [0.15, 0.2) is 0 Å². The number of hydrogen-bond acceptors (Lipinski definition) is 2. The average molecular weight is 283 g/mol. The summed E-state index contributed by atoms with van der Waals surface area (Å²) in [6.07, 6.45) is 2.01. The molecule has 0 spiro atoms. The van der Waals surface area contributed by atoms with Gasteiger partial charge in [-0.05, 0) is 43.7 Å². The first kappa shape index (κ1) is 13.8. The molecule has 0 radical (unpaired) electrons. The Hall–Kier alpha value is -2.20. The van der Waals surface area contributed by atoms with Gasteiger partial charge in [0.05, 0.1) is 11.4 Å². The molecule has 4 heteroatoms. The Morgan fingerprint density at radius 1 is 1.24 bits per heavy atom. The zero-order chi connectivity index (χ0) is 14.8. The van der Waals surface area contributed by atoms with Crippen LogP contribution in [0.25, 0.3) is 5.65 Å². The number of imidazole rings is 1. The van der Waals surface area contributed by atoms with Crippen LogP contribution in [0, 0.1) is 12.7 Å². The molecule has 2 aromatic heterocycles. The molecule has 21 heavy (non-hydrogen) atoms. The van der Waals surface area contributed by atoms with E-state index >= 15 is 0 Å². The molecule has 3 rings (SSSR count). The average Bonchev–Trinajstić information content (AvgIpc) is 2.80. The molecule has 1 N–H and O–H groups in total. The first-order chi connectivity index (χ1) is 10.1. The van der Waals surface area contributed by atoms with Gasteiger partial charge < -0.3 is 9.72 Å². The monoisotopic (exact) mass is 283 g/mol. The third kappa shape index (κ3) is 2.81. The van der Waals surface area contributed by atoms with Gasteiger partial charge in [-0.25, -0.2) is 9.37 Å². The molecule has 0 aliphatic carbocycles. The first-order valence-electron chi connectivity index (χ1n) is 7.06. The van der Waals surface area contributed by atoms with Crippen molar-refractivity contribution in [1.82, 2.24) is 14.7 Å². The molecule has 108 valence electrons. The van der Waals surface area contributed by atoms with Crippen molar-refractivity contribution in [2.75, 3.05) is 0 Å². The molecule has 0 bridgehead atoms. The van der Waals surface area contributed by atoms with Crippen LogP contribution in [0.15, 0.2) is 48.7 Å².